The Bertz CT molecular complexity index is 1410. The number of aromatic hydroxyl groups is 1. The summed E-state index contributed by atoms with van der Waals surface area (Å²) in [5.74, 6) is -6.23. The van der Waals surface area contributed by atoms with Crippen molar-refractivity contribution in [1.82, 2.24) is 4.90 Å². The maximum absolute atomic E-state index is 13.8. The molecule has 1 aromatic heterocycles. The number of aryl methyl sites for hydroxylation is 1. The number of primary amides is 1. The molecule has 1 amide bonds. The summed E-state index contributed by atoms with van der Waals surface area (Å²) in [6.07, 6.45) is 1.75. The molecular formula is C26H26N2O8. The number of benzene rings is 1. The first-order valence-electron chi connectivity index (χ1n) is 11.4. The van der Waals surface area contributed by atoms with Gasteiger partial charge in [0.15, 0.2) is 11.4 Å². The molecule has 1 fully saturated rings. The number of amides is 1. The van der Waals surface area contributed by atoms with Crippen LogP contribution in [0.5, 0.6) is 5.75 Å². The lowest BCUT2D eigenvalue weighted by atomic mass is 9.57. The van der Waals surface area contributed by atoms with E-state index in [1.807, 2.05) is 6.92 Å². The minimum atomic E-state index is -2.66. The summed E-state index contributed by atoms with van der Waals surface area (Å²) < 4.78 is 5.64. The zero-order chi connectivity index (χ0) is 26.3. The highest BCUT2D eigenvalue weighted by atomic mass is 16.3. The van der Waals surface area contributed by atoms with E-state index >= 15 is 0 Å². The Morgan fingerprint density at radius 1 is 1.17 bits per heavy atom. The van der Waals surface area contributed by atoms with E-state index in [0.717, 1.165) is 5.56 Å². The van der Waals surface area contributed by atoms with Gasteiger partial charge < -0.3 is 30.6 Å². The molecule has 0 saturated heterocycles. The molecule has 1 aromatic carbocycles. The second kappa shape index (κ2) is 7.81. The van der Waals surface area contributed by atoms with E-state index in [2.05, 4.69) is 0 Å². The van der Waals surface area contributed by atoms with Crippen molar-refractivity contribution in [3.8, 4) is 17.1 Å². The van der Waals surface area contributed by atoms with E-state index in [1.54, 1.807) is 26.2 Å². The fraction of sp³-hybridized carbons (Fsp3) is 0.346. The molecule has 1 saturated carbocycles. The molecule has 188 valence electrons. The van der Waals surface area contributed by atoms with Crippen molar-refractivity contribution in [1.29, 1.82) is 0 Å². The van der Waals surface area contributed by atoms with Crippen LogP contribution in [-0.4, -0.2) is 68.5 Å². The van der Waals surface area contributed by atoms with Crippen LogP contribution >= 0.6 is 0 Å². The number of rotatable bonds is 3. The van der Waals surface area contributed by atoms with E-state index in [0.29, 0.717) is 16.9 Å². The number of Topliss-reactive ketones (excluding diaryl/α,β-unsaturated/α-hetero) is 2. The number of likely N-dealkylation sites (N-methyl/N-ethyl adjacent to an activating group) is 1. The Hall–Kier alpha value is -3.89. The molecule has 5 rings (SSSR count). The number of phenols is 1. The second-order valence-corrected chi connectivity index (χ2v) is 9.88. The van der Waals surface area contributed by atoms with Crippen LogP contribution in [0.1, 0.15) is 23.1 Å². The zero-order valence-electron chi connectivity index (χ0n) is 19.9. The van der Waals surface area contributed by atoms with Crippen molar-refractivity contribution in [2.24, 2.45) is 17.6 Å². The molecule has 6 N–H and O–H groups in total. The van der Waals surface area contributed by atoms with Crippen molar-refractivity contribution in [3.05, 3.63) is 58.1 Å². The van der Waals surface area contributed by atoms with Crippen LogP contribution in [0.4, 0.5) is 0 Å². The van der Waals surface area contributed by atoms with Gasteiger partial charge in [0.2, 0.25) is 5.78 Å². The van der Waals surface area contributed by atoms with Crippen molar-refractivity contribution < 1.29 is 39.2 Å². The van der Waals surface area contributed by atoms with Gasteiger partial charge in [0.25, 0.3) is 5.91 Å². The summed E-state index contributed by atoms with van der Waals surface area (Å²) in [5, 5.41) is 44.4. The van der Waals surface area contributed by atoms with Crippen LogP contribution in [0, 0.1) is 18.8 Å². The SMILES string of the molecule is Cc1ccoc1-c1ccc(O)c2c1C[C@H]1C[C@H]3[C@H](N(C)C)C(=O)C(C(N)=O)=C(O)[C@@]3(O)C(=O)C1=C2O. The van der Waals surface area contributed by atoms with Gasteiger partial charge in [-0.15, -0.1) is 0 Å². The lowest BCUT2D eigenvalue weighted by Gasteiger charge is -2.50. The molecule has 0 aliphatic heterocycles. The Kier molecular flexibility index (Phi) is 5.17. The number of carbonyl (C=O) groups is 3. The van der Waals surface area contributed by atoms with Gasteiger partial charge in [-0.2, -0.15) is 0 Å². The summed E-state index contributed by atoms with van der Waals surface area (Å²) in [6, 6.07) is 3.70. The molecular weight excluding hydrogens is 468 g/mol. The number of aliphatic hydroxyl groups is 3. The van der Waals surface area contributed by atoms with Crippen molar-refractivity contribution in [2.75, 3.05) is 14.1 Å². The third-order valence-electron chi connectivity index (χ3n) is 7.71. The average molecular weight is 495 g/mol. The number of hydrogen-bond acceptors (Lipinski definition) is 9. The lowest BCUT2D eigenvalue weighted by Crippen LogP contribution is -2.65. The minimum Gasteiger partial charge on any atom is -0.508 e. The van der Waals surface area contributed by atoms with Gasteiger partial charge in [0.05, 0.1) is 17.9 Å². The van der Waals surface area contributed by atoms with Crippen LogP contribution in [0.2, 0.25) is 0 Å². The molecule has 1 heterocycles. The van der Waals surface area contributed by atoms with Gasteiger partial charge in [-0.3, -0.25) is 19.3 Å². The number of carbonyl (C=O) groups excluding carboxylic acids is 3. The van der Waals surface area contributed by atoms with Crippen LogP contribution in [0.15, 0.2) is 45.8 Å². The van der Waals surface area contributed by atoms with Gasteiger partial charge in [0, 0.05) is 17.1 Å². The third-order valence-corrected chi connectivity index (χ3v) is 7.71. The van der Waals surface area contributed by atoms with E-state index < -0.39 is 58.0 Å². The molecule has 0 unspecified atom stereocenters. The Labute approximate surface area is 205 Å². The summed E-state index contributed by atoms with van der Waals surface area (Å²) in [5.41, 5.74) is 3.70. The van der Waals surface area contributed by atoms with Crippen LogP contribution in [0.3, 0.4) is 0 Å². The number of aliphatic hydroxyl groups excluding tert-OH is 2. The smallest absolute Gasteiger partial charge is 0.255 e. The van der Waals surface area contributed by atoms with E-state index in [1.165, 1.54) is 17.2 Å². The third kappa shape index (κ3) is 2.94. The maximum Gasteiger partial charge on any atom is 0.255 e. The average Bonchev–Trinajstić information content (AvgIpc) is 3.21. The van der Waals surface area contributed by atoms with Gasteiger partial charge in [-0.1, -0.05) is 0 Å². The number of hydrogen-bond donors (Lipinski definition) is 5. The van der Waals surface area contributed by atoms with E-state index in [9.17, 15) is 34.8 Å². The van der Waals surface area contributed by atoms with E-state index in [4.69, 9.17) is 10.2 Å². The van der Waals surface area contributed by atoms with Gasteiger partial charge in [-0.25, -0.2) is 0 Å². The predicted octanol–water partition coefficient (Wildman–Crippen LogP) is 1.53. The molecule has 36 heavy (non-hydrogen) atoms. The fourth-order valence-electron chi connectivity index (χ4n) is 6.11. The molecule has 3 aliphatic rings. The summed E-state index contributed by atoms with van der Waals surface area (Å²) in [7, 11) is 3.12. The first kappa shape index (κ1) is 23.8. The Morgan fingerprint density at radius 3 is 2.44 bits per heavy atom. The highest BCUT2D eigenvalue weighted by Gasteiger charge is 2.64. The first-order valence-corrected chi connectivity index (χ1v) is 11.4. The van der Waals surface area contributed by atoms with Crippen LogP contribution in [-0.2, 0) is 20.8 Å². The van der Waals surface area contributed by atoms with Crippen molar-refractivity contribution in [2.45, 2.75) is 31.4 Å². The summed E-state index contributed by atoms with van der Waals surface area (Å²) in [6.45, 7) is 1.85. The molecule has 3 aliphatic carbocycles. The molecule has 0 spiro atoms. The molecule has 10 heteroatoms. The minimum absolute atomic E-state index is 0.0258. The number of fused-ring (bicyclic) bond motifs is 3. The van der Waals surface area contributed by atoms with Gasteiger partial charge in [-0.05, 0) is 69.1 Å². The molecule has 2 aromatic rings. The summed E-state index contributed by atoms with van der Waals surface area (Å²) >= 11 is 0. The molecule has 0 radical (unpaired) electrons. The quantitative estimate of drug-likeness (QED) is 0.396. The predicted molar refractivity (Wildman–Crippen MR) is 127 cm³/mol. The topological polar surface area (TPSA) is 175 Å². The zero-order valence-corrected chi connectivity index (χ0v) is 19.9. The number of furan rings is 1. The Morgan fingerprint density at radius 2 is 1.86 bits per heavy atom. The van der Waals surface area contributed by atoms with Crippen LogP contribution < -0.4 is 5.73 Å². The summed E-state index contributed by atoms with van der Waals surface area (Å²) in [4.78, 5) is 40.5. The van der Waals surface area contributed by atoms with Gasteiger partial charge in [0.1, 0.15) is 28.6 Å². The highest BCUT2D eigenvalue weighted by molar-refractivity contribution is 6.24. The van der Waals surface area contributed by atoms with Crippen molar-refractivity contribution in [3.63, 3.8) is 0 Å². The number of nitrogens with two attached hydrogens (primary N) is 1. The highest BCUT2D eigenvalue weighted by Crippen LogP contribution is 2.53. The van der Waals surface area contributed by atoms with Gasteiger partial charge >= 0.3 is 0 Å². The molecule has 10 nitrogen and oxygen atoms in total. The van der Waals surface area contributed by atoms with Crippen LogP contribution in [0.25, 0.3) is 17.1 Å². The standard InChI is InChI=1S/C26H26N2O8/c1-10-6-7-36-22(10)12-4-5-15(29)17-13(12)8-11-9-14-19(28(2)3)21(31)18(25(27)34)24(33)26(14,35)23(32)16(11)20(17)30/h4-7,11,14,19,29-30,33,35H,8-9H2,1-3H3,(H2,27,34)/t11-,14-,19-,26-/m0/s1. The number of nitrogens with zero attached hydrogens (tertiary/aromatic N) is 1. The largest absolute Gasteiger partial charge is 0.508 e. The molecule has 4 atom stereocenters. The van der Waals surface area contributed by atoms with Crippen molar-refractivity contribution >= 4 is 23.2 Å². The number of phenolic OH excluding ortho intramolecular Hbond substituents is 1. The van der Waals surface area contributed by atoms with E-state index in [-0.39, 0.29) is 29.7 Å². The first-order chi connectivity index (χ1) is 16.9. The molecule has 0 bridgehead atoms. The Balaban J connectivity index is 1.76. The lowest BCUT2D eigenvalue weighted by molar-refractivity contribution is -0.153. The second-order valence-electron chi connectivity index (χ2n) is 9.88. The number of ketones is 2. The fourth-order valence-corrected chi connectivity index (χ4v) is 6.11. The monoisotopic (exact) mass is 494 g/mol. The normalized spacial score (nSPS) is 27.8. The maximum atomic E-state index is 13.8.